The monoisotopic (exact) mass is 623 g/mol. The topological polar surface area (TPSA) is 92.4 Å². The van der Waals surface area contributed by atoms with Crippen molar-refractivity contribution in [1.82, 2.24) is 24.4 Å². The Labute approximate surface area is 247 Å². The molecule has 5 rings (SSSR count). The molecule has 15 heteroatoms. The molecule has 0 bridgehead atoms. The fourth-order valence-corrected chi connectivity index (χ4v) is 5.38. The molecule has 2 aromatic heterocycles. The van der Waals surface area contributed by atoms with Crippen LogP contribution in [-0.4, -0.2) is 81.7 Å². The van der Waals surface area contributed by atoms with Gasteiger partial charge in [0.25, 0.3) is 5.91 Å². The molecule has 0 aliphatic carbocycles. The summed E-state index contributed by atoms with van der Waals surface area (Å²) in [5, 5.41) is 14.0. The number of aromatic nitrogens is 3. The third-order valence-corrected chi connectivity index (χ3v) is 7.47. The van der Waals surface area contributed by atoms with Gasteiger partial charge in [0.15, 0.2) is 11.3 Å². The van der Waals surface area contributed by atoms with Crippen LogP contribution in [0.25, 0.3) is 16.9 Å². The number of aliphatic hydroxyl groups is 1. The zero-order valence-corrected chi connectivity index (χ0v) is 23.5. The van der Waals surface area contributed by atoms with E-state index in [-0.39, 0.29) is 54.2 Å². The standard InChI is InChI=1S/C29H27F6N5O4/c1-17-24(18-7-9-19(43-2)10-8-18)37-26-21(15-36-40(26)25(17)28(30,31)32)27(42)39-13-11-38(12-14-39)22(16-41)20-5-3-4-6-23(20)44-29(33,34)35/h3-10,15,22,41H,11-14,16H2,1-2H3/t22-/m0/s1. The molecule has 1 aliphatic rings. The summed E-state index contributed by atoms with van der Waals surface area (Å²) < 4.78 is 91.6. The number of hydrogen-bond donors (Lipinski definition) is 1. The van der Waals surface area contributed by atoms with Gasteiger partial charge < -0.3 is 19.5 Å². The summed E-state index contributed by atoms with van der Waals surface area (Å²) in [5.74, 6) is -0.549. The van der Waals surface area contributed by atoms with E-state index in [1.165, 1.54) is 37.1 Å². The lowest BCUT2D eigenvalue weighted by Gasteiger charge is -2.39. The molecule has 1 fully saturated rings. The van der Waals surface area contributed by atoms with E-state index < -0.39 is 42.5 Å². The number of nitrogens with zero attached hydrogens (tertiary/aromatic N) is 5. The van der Waals surface area contributed by atoms with E-state index in [2.05, 4.69) is 14.8 Å². The van der Waals surface area contributed by atoms with Gasteiger partial charge >= 0.3 is 12.5 Å². The minimum atomic E-state index is -4.93. The molecule has 4 aromatic rings. The first kappa shape index (κ1) is 31.1. The van der Waals surface area contributed by atoms with Crippen LogP contribution < -0.4 is 9.47 Å². The van der Waals surface area contributed by atoms with E-state index in [9.17, 15) is 36.2 Å². The number of rotatable bonds is 7. The summed E-state index contributed by atoms with van der Waals surface area (Å²) in [5.41, 5.74) is -1.11. The number of piperazine rings is 1. The first-order valence-corrected chi connectivity index (χ1v) is 13.4. The molecular weight excluding hydrogens is 596 g/mol. The normalized spacial score (nSPS) is 15.4. The largest absolute Gasteiger partial charge is 0.573 e. The van der Waals surface area contributed by atoms with Crippen molar-refractivity contribution in [2.24, 2.45) is 0 Å². The number of amides is 1. The maximum atomic E-state index is 14.3. The van der Waals surface area contributed by atoms with Gasteiger partial charge in [0.2, 0.25) is 0 Å². The molecule has 1 saturated heterocycles. The molecule has 1 amide bonds. The summed E-state index contributed by atoms with van der Waals surface area (Å²) >= 11 is 0. The minimum Gasteiger partial charge on any atom is -0.497 e. The van der Waals surface area contributed by atoms with Crippen molar-refractivity contribution in [2.75, 3.05) is 39.9 Å². The van der Waals surface area contributed by atoms with Gasteiger partial charge in [0.1, 0.15) is 17.1 Å². The Balaban J connectivity index is 1.43. The van der Waals surface area contributed by atoms with Crippen LogP contribution in [0.3, 0.4) is 0 Å². The third-order valence-electron chi connectivity index (χ3n) is 7.47. The van der Waals surface area contributed by atoms with Crippen LogP contribution in [0.1, 0.15) is 33.2 Å². The van der Waals surface area contributed by atoms with E-state index in [1.807, 2.05) is 0 Å². The van der Waals surface area contributed by atoms with Gasteiger partial charge in [-0.25, -0.2) is 9.50 Å². The fourth-order valence-electron chi connectivity index (χ4n) is 5.38. The zero-order valence-electron chi connectivity index (χ0n) is 23.5. The van der Waals surface area contributed by atoms with Gasteiger partial charge in [-0.2, -0.15) is 18.3 Å². The van der Waals surface area contributed by atoms with E-state index >= 15 is 0 Å². The Morgan fingerprint density at radius 2 is 1.66 bits per heavy atom. The molecule has 1 atom stereocenters. The summed E-state index contributed by atoms with van der Waals surface area (Å²) in [6.07, 6.45) is -8.69. The number of methoxy groups -OCH3 is 1. The quantitative estimate of drug-likeness (QED) is 0.286. The number of benzene rings is 2. The molecule has 0 unspecified atom stereocenters. The molecule has 0 saturated carbocycles. The number of carbonyl (C=O) groups is 1. The molecule has 0 radical (unpaired) electrons. The lowest BCUT2D eigenvalue weighted by molar-refractivity contribution is -0.275. The molecule has 9 nitrogen and oxygen atoms in total. The van der Waals surface area contributed by atoms with Gasteiger partial charge in [0, 0.05) is 42.9 Å². The van der Waals surface area contributed by atoms with Crippen LogP contribution in [0, 0.1) is 6.92 Å². The Morgan fingerprint density at radius 1 is 1.00 bits per heavy atom. The van der Waals surface area contributed by atoms with Crippen LogP contribution >= 0.6 is 0 Å². The van der Waals surface area contributed by atoms with Crippen molar-refractivity contribution in [3.8, 4) is 22.8 Å². The maximum absolute atomic E-state index is 14.3. The van der Waals surface area contributed by atoms with Gasteiger partial charge in [-0.3, -0.25) is 9.69 Å². The first-order valence-electron chi connectivity index (χ1n) is 13.4. The second-order valence-corrected chi connectivity index (χ2v) is 10.1. The molecule has 0 spiro atoms. The highest BCUT2D eigenvalue weighted by Gasteiger charge is 2.39. The number of alkyl halides is 6. The molecule has 3 heterocycles. The van der Waals surface area contributed by atoms with Gasteiger partial charge in [0.05, 0.1) is 31.6 Å². The second kappa shape index (κ2) is 12.0. The number of aliphatic hydroxyl groups excluding tert-OH is 1. The van der Waals surface area contributed by atoms with Crippen LogP contribution in [-0.2, 0) is 6.18 Å². The molecular formula is C29H27F6N5O4. The SMILES string of the molecule is COc1ccc(-c2nc3c(C(=O)N4CCN([C@@H](CO)c5ccccc5OC(F)(F)F)CC4)cnn3c(C(F)(F)F)c2C)cc1. The first-order chi connectivity index (χ1) is 20.8. The Bertz CT molecular complexity index is 1650. The smallest absolute Gasteiger partial charge is 0.497 e. The van der Waals surface area contributed by atoms with Crippen molar-refractivity contribution < 1.29 is 45.7 Å². The van der Waals surface area contributed by atoms with E-state index in [4.69, 9.17) is 4.74 Å². The van der Waals surface area contributed by atoms with Crippen LogP contribution in [0.4, 0.5) is 26.3 Å². The maximum Gasteiger partial charge on any atom is 0.573 e. The number of para-hydroxylation sites is 1. The van der Waals surface area contributed by atoms with E-state index in [0.717, 1.165) is 12.3 Å². The van der Waals surface area contributed by atoms with Crippen LogP contribution in [0.2, 0.25) is 0 Å². The lowest BCUT2D eigenvalue weighted by atomic mass is 10.0. The highest BCUT2D eigenvalue weighted by Crippen LogP contribution is 2.37. The lowest BCUT2D eigenvalue weighted by Crippen LogP contribution is -2.50. The van der Waals surface area contributed by atoms with Gasteiger partial charge in [-0.05, 0) is 37.3 Å². The number of hydrogen-bond acceptors (Lipinski definition) is 7. The van der Waals surface area contributed by atoms with Crippen molar-refractivity contribution in [1.29, 1.82) is 0 Å². The number of halogens is 6. The molecule has 234 valence electrons. The van der Waals surface area contributed by atoms with Crippen molar-refractivity contribution in [3.05, 3.63) is 77.1 Å². The average molecular weight is 624 g/mol. The third kappa shape index (κ3) is 6.15. The predicted molar refractivity (Wildman–Crippen MR) is 145 cm³/mol. The summed E-state index contributed by atoms with van der Waals surface area (Å²) in [4.78, 5) is 21.2. The second-order valence-electron chi connectivity index (χ2n) is 10.1. The minimum absolute atomic E-state index is 0.0253. The molecule has 1 N–H and O–H groups in total. The highest BCUT2D eigenvalue weighted by molar-refractivity contribution is 6.00. The molecule has 2 aromatic carbocycles. The van der Waals surface area contributed by atoms with Crippen LogP contribution in [0.15, 0.2) is 54.7 Å². The van der Waals surface area contributed by atoms with Crippen molar-refractivity contribution in [2.45, 2.75) is 25.5 Å². The zero-order chi connectivity index (χ0) is 31.8. The van der Waals surface area contributed by atoms with Crippen LogP contribution in [0.5, 0.6) is 11.5 Å². The van der Waals surface area contributed by atoms with E-state index in [0.29, 0.717) is 15.8 Å². The summed E-state index contributed by atoms with van der Waals surface area (Å²) in [6.45, 7) is 1.25. The average Bonchev–Trinajstić information content (AvgIpc) is 3.39. The fraction of sp³-hybridized carbons (Fsp3) is 0.345. The Hall–Kier alpha value is -4.37. The number of carbonyl (C=O) groups excluding carboxylic acids is 1. The van der Waals surface area contributed by atoms with Crippen molar-refractivity contribution >= 4 is 11.6 Å². The predicted octanol–water partition coefficient (Wildman–Crippen LogP) is 5.12. The number of fused-ring (bicyclic) bond motifs is 1. The van der Waals surface area contributed by atoms with Gasteiger partial charge in [-0.15, -0.1) is 13.2 Å². The van der Waals surface area contributed by atoms with Gasteiger partial charge in [-0.1, -0.05) is 18.2 Å². The number of ether oxygens (including phenoxy) is 2. The Morgan fingerprint density at radius 3 is 2.25 bits per heavy atom. The summed E-state index contributed by atoms with van der Waals surface area (Å²) in [7, 11) is 1.46. The summed E-state index contributed by atoms with van der Waals surface area (Å²) in [6, 6.07) is 10.9. The van der Waals surface area contributed by atoms with E-state index in [1.54, 1.807) is 29.2 Å². The molecule has 44 heavy (non-hydrogen) atoms. The van der Waals surface area contributed by atoms with Crippen molar-refractivity contribution in [3.63, 3.8) is 0 Å². The molecule has 1 aliphatic heterocycles. The Kier molecular flexibility index (Phi) is 8.44. The highest BCUT2D eigenvalue weighted by atomic mass is 19.4.